The maximum absolute atomic E-state index is 10.6. The fourth-order valence-electron chi connectivity index (χ4n) is 3.33. The van der Waals surface area contributed by atoms with Gasteiger partial charge in [-0.2, -0.15) is 0 Å². The normalized spacial score (nSPS) is 12.5. The number of nitrogens with zero attached hydrogens (tertiary/aromatic N) is 2. The molecule has 0 spiro atoms. The minimum Gasteiger partial charge on any atom is -0.490 e. The minimum atomic E-state index is -0.564. The van der Waals surface area contributed by atoms with Crippen molar-refractivity contribution < 1.29 is 14.4 Å². The maximum Gasteiger partial charge on any atom is 0.257 e. The molecule has 0 aliphatic heterocycles. The van der Waals surface area contributed by atoms with Gasteiger partial charge in [-0.05, 0) is 37.1 Å². The number of imidazole rings is 1. The highest BCUT2D eigenvalue weighted by Gasteiger charge is 2.23. The van der Waals surface area contributed by atoms with Crippen LogP contribution >= 0.6 is 0 Å². The van der Waals surface area contributed by atoms with Crippen molar-refractivity contribution in [1.29, 1.82) is 0 Å². The second kappa shape index (κ2) is 7.70. The smallest absolute Gasteiger partial charge is 0.257 e. The van der Waals surface area contributed by atoms with Crippen LogP contribution in [0.1, 0.15) is 24.7 Å². The van der Waals surface area contributed by atoms with E-state index in [0.717, 1.165) is 29.7 Å². The molecule has 0 aliphatic carbocycles. The Bertz CT molecular complexity index is 854. The Morgan fingerprint density at radius 1 is 1.12 bits per heavy atom. The molecule has 0 radical (unpaired) electrons. The minimum absolute atomic E-state index is 0.284. The molecule has 1 atom stereocenters. The van der Waals surface area contributed by atoms with Crippen molar-refractivity contribution >= 4 is 11.0 Å². The summed E-state index contributed by atoms with van der Waals surface area (Å²) in [5, 5.41) is 10.6. The van der Waals surface area contributed by atoms with Gasteiger partial charge < -0.3 is 9.84 Å². The van der Waals surface area contributed by atoms with Crippen molar-refractivity contribution in [3.05, 3.63) is 59.9 Å². The summed E-state index contributed by atoms with van der Waals surface area (Å²) in [6.45, 7) is 5.01. The zero-order chi connectivity index (χ0) is 17.8. The van der Waals surface area contributed by atoms with E-state index in [4.69, 9.17) is 4.74 Å². The molecule has 0 unspecified atom stereocenters. The number of aryl methyl sites for hydroxylation is 2. The van der Waals surface area contributed by atoms with Gasteiger partial charge in [-0.1, -0.05) is 37.3 Å². The van der Waals surface area contributed by atoms with Gasteiger partial charge in [0, 0.05) is 6.42 Å². The third-order valence-corrected chi connectivity index (χ3v) is 4.62. The van der Waals surface area contributed by atoms with Gasteiger partial charge >= 0.3 is 0 Å². The number of para-hydroxylation sites is 3. The van der Waals surface area contributed by atoms with E-state index in [9.17, 15) is 5.11 Å². The van der Waals surface area contributed by atoms with Gasteiger partial charge in [0.1, 0.15) is 25.0 Å². The number of aromatic nitrogens is 2. The zero-order valence-corrected chi connectivity index (χ0v) is 15.3. The molecule has 0 saturated heterocycles. The molecule has 25 heavy (non-hydrogen) atoms. The summed E-state index contributed by atoms with van der Waals surface area (Å²) in [6.07, 6.45) is 1.49. The molecule has 132 valence electrons. The SMILES string of the molecule is CCCc1n(C[C@H](O)COc2ccccc2C)c2ccccc2[n+]1C. The average molecular weight is 339 g/mol. The number of benzene rings is 2. The second-order valence-corrected chi connectivity index (χ2v) is 6.55. The maximum atomic E-state index is 10.6. The first-order valence-electron chi connectivity index (χ1n) is 8.94. The number of hydrogen-bond acceptors (Lipinski definition) is 2. The molecule has 4 heteroatoms. The van der Waals surface area contributed by atoms with Gasteiger partial charge in [-0.3, -0.25) is 0 Å². The predicted octanol–water partition coefficient (Wildman–Crippen LogP) is 3.17. The summed E-state index contributed by atoms with van der Waals surface area (Å²) in [5.74, 6) is 2.07. The Labute approximate surface area is 149 Å². The van der Waals surface area contributed by atoms with E-state index in [0.29, 0.717) is 6.54 Å². The molecule has 1 N–H and O–H groups in total. The highest BCUT2D eigenvalue weighted by Crippen LogP contribution is 2.18. The van der Waals surface area contributed by atoms with E-state index in [1.54, 1.807) is 0 Å². The first kappa shape index (κ1) is 17.5. The first-order chi connectivity index (χ1) is 12.1. The first-order valence-corrected chi connectivity index (χ1v) is 8.94. The third-order valence-electron chi connectivity index (χ3n) is 4.62. The van der Waals surface area contributed by atoms with Gasteiger partial charge in [-0.15, -0.1) is 0 Å². The van der Waals surface area contributed by atoms with Crippen molar-refractivity contribution in [2.45, 2.75) is 39.3 Å². The molecule has 0 amide bonds. The zero-order valence-electron chi connectivity index (χ0n) is 15.3. The Morgan fingerprint density at radius 3 is 2.60 bits per heavy atom. The van der Waals surface area contributed by atoms with Crippen LogP contribution in [0.2, 0.25) is 0 Å². The molecule has 0 bridgehead atoms. The molecule has 0 fully saturated rings. The van der Waals surface area contributed by atoms with Crippen LogP contribution < -0.4 is 9.30 Å². The molecule has 3 aromatic rings. The Hall–Kier alpha value is -2.33. The average Bonchev–Trinajstić information content (AvgIpc) is 2.88. The summed E-state index contributed by atoms with van der Waals surface area (Å²) in [7, 11) is 2.10. The number of aliphatic hydroxyl groups is 1. The van der Waals surface area contributed by atoms with Crippen LogP contribution in [0, 0.1) is 6.92 Å². The summed E-state index contributed by atoms with van der Waals surface area (Å²) in [6, 6.07) is 16.2. The second-order valence-electron chi connectivity index (χ2n) is 6.55. The topological polar surface area (TPSA) is 38.3 Å². The lowest BCUT2D eigenvalue weighted by atomic mass is 10.2. The van der Waals surface area contributed by atoms with E-state index in [1.165, 1.54) is 11.3 Å². The van der Waals surface area contributed by atoms with Crippen LogP contribution in [0.3, 0.4) is 0 Å². The van der Waals surface area contributed by atoms with Crippen molar-refractivity contribution in [3.8, 4) is 5.75 Å². The quantitative estimate of drug-likeness (QED) is 0.672. The van der Waals surface area contributed by atoms with Crippen LogP contribution in [0.4, 0.5) is 0 Å². The summed E-state index contributed by atoms with van der Waals surface area (Å²) < 4.78 is 10.3. The molecule has 0 saturated carbocycles. The Balaban J connectivity index is 1.79. The predicted molar refractivity (Wildman–Crippen MR) is 99.8 cm³/mol. The molecule has 3 rings (SSSR count). The molecule has 4 nitrogen and oxygen atoms in total. The summed E-state index contributed by atoms with van der Waals surface area (Å²) >= 11 is 0. The number of rotatable bonds is 7. The van der Waals surface area contributed by atoms with Gasteiger partial charge in [0.15, 0.2) is 11.0 Å². The monoisotopic (exact) mass is 339 g/mol. The number of fused-ring (bicyclic) bond motifs is 1. The van der Waals surface area contributed by atoms with Crippen LogP contribution in [0.5, 0.6) is 5.75 Å². The lowest BCUT2D eigenvalue weighted by Gasteiger charge is -2.13. The molecule has 2 aromatic carbocycles. The van der Waals surface area contributed by atoms with Gasteiger partial charge in [-0.25, -0.2) is 9.13 Å². The van der Waals surface area contributed by atoms with Gasteiger partial charge in [0.2, 0.25) is 0 Å². The number of aliphatic hydroxyl groups excluding tert-OH is 1. The largest absolute Gasteiger partial charge is 0.490 e. The Morgan fingerprint density at radius 2 is 1.84 bits per heavy atom. The van der Waals surface area contributed by atoms with Gasteiger partial charge in [0.05, 0.1) is 7.05 Å². The van der Waals surface area contributed by atoms with Crippen LogP contribution in [0.15, 0.2) is 48.5 Å². The summed E-state index contributed by atoms with van der Waals surface area (Å²) in [4.78, 5) is 0. The molecule has 1 aromatic heterocycles. The van der Waals surface area contributed by atoms with Crippen molar-refractivity contribution in [1.82, 2.24) is 4.57 Å². The summed E-state index contributed by atoms with van der Waals surface area (Å²) in [5.41, 5.74) is 3.43. The fourth-order valence-corrected chi connectivity index (χ4v) is 3.33. The van der Waals surface area contributed by atoms with Crippen molar-refractivity contribution in [2.24, 2.45) is 7.05 Å². The molecule has 1 heterocycles. The van der Waals surface area contributed by atoms with Gasteiger partial charge in [0.25, 0.3) is 5.82 Å². The van der Waals surface area contributed by atoms with Crippen molar-refractivity contribution in [3.63, 3.8) is 0 Å². The standard InChI is InChI=1S/C21H27N2O2/c1-4-9-21-22(3)18-11-6-7-12-19(18)23(21)14-17(24)15-25-20-13-8-5-10-16(20)2/h5-8,10-13,17,24H,4,9,14-15H2,1-3H3/q+1/t17-/m0/s1. The molecular formula is C21H27N2O2+. The van der Waals surface area contributed by atoms with Crippen LogP contribution in [-0.4, -0.2) is 22.4 Å². The highest BCUT2D eigenvalue weighted by atomic mass is 16.5. The van der Waals surface area contributed by atoms with Crippen LogP contribution in [-0.2, 0) is 20.0 Å². The Kier molecular flexibility index (Phi) is 5.39. The lowest BCUT2D eigenvalue weighted by Crippen LogP contribution is -2.34. The third kappa shape index (κ3) is 3.69. The van der Waals surface area contributed by atoms with E-state index in [1.807, 2.05) is 37.3 Å². The van der Waals surface area contributed by atoms with E-state index in [-0.39, 0.29) is 6.61 Å². The lowest BCUT2D eigenvalue weighted by molar-refractivity contribution is -0.654. The van der Waals surface area contributed by atoms with Crippen LogP contribution in [0.25, 0.3) is 11.0 Å². The number of hydrogen-bond donors (Lipinski definition) is 1. The molecular weight excluding hydrogens is 312 g/mol. The molecule has 0 aliphatic rings. The highest BCUT2D eigenvalue weighted by molar-refractivity contribution is 5.72. The van der Waals surface area contributed by atoms with E-state index >= 15 is 0 Å². The fraction of sp³-hybridized carbons (Fsp3) is 0.381. The number of ether oxygens (including phenoxy) is 1. The van der Waals surface area contributed by atoms with E-state index < -0.39 is 6.10 Å². The van der Waals surface area contributed by atoms with E-state index in [2.05, 4.69) is 41.3 Å². The van der Waals surface area contributed by atoms with Crippen molar-refractivity contribution in [2.75, 3.05) is 6.61 Å².